The number of pyridine rings is 1. The molecule has 1 saturated heterocycles. The van der Waals surface area contributed by atoms with Gasteiger partial charge in [-0.25, -0.2) is 0 Å². The van der Waals surface area contributed by atoms with Crippen LogP contribution in [0, 0.1) is 0 Å². The van der Waals surface area contributed by atoms with Gasteiger partial charge in [0, 0.05) is 24.8 Å². The summed E-state index contributed by atoms with van der Waals surface area (Å²) in [5.41, 5.74) is 3.73. The van der Waals surface area contributed by atoms with Crippen molar-refractivity contribution in [2.75, 3.05) is 20.3 Å². The van der Waals surface area contributed by atoms with Gasteiger partial charge in [-0.05, 0) is 31.0 Å². The van der Waals surface area contributed by atoms with Gasteiger partial charge in [-0.1, -0.05) is 19.9 Å². The second-order valence-corrected chi connectivity index (χ2v) is 5.02. The zero-order valence-corrected chi connectivity index (χ0v) is 11.0. The first-order valence-electron chi connectivity index (χ1n) is 6.44. The molecule has 1 aliphatic heterocycles. The van der Waals surface area contributed by atoms with Crippen molar-refractivity contribution >= 4 is 0 Å². The fraction of sp³-hybridized carbons (Fsp3) is 0.643. The summed E-state index contributed by atoms with van der Waals surface area (Å²) < 4.78 is 5.47. The number of nitrogens with one attached hydrogen (secondary N) is 1. The standard InChI is InChI=1S/C14H22N2O/c1-10(2)13-5-4-12(11-6-7-17-9-11)14(16-13)8-15-3/h4-5,10-11,15H,6-9H2,1-3H3. The Kier molecular flexibility index (Phi) is 4.13. The van der Waals surface area contributed by atoms with Gasteiger partial charge >= 0.3 is 0 Å². The minimum atomic E-state index is 0.486. The van der Waals surface area contributed by atoms with Gasteiger partial charge in [-0.2, -0.15) is 0 Å². The first kappa shape index (κ1) is 12.5. The summed E-state index contributed by atoms with van der Waals surface area (Å²) in [6, 6.07) is 4.41. The maximum Gasteiger partial charge on any atom is 0.0580 e. The van der Waals surface area contributed by atoms with E-state index in [-0.39, 0.29) is 0 Å². The van der Waals surface area contributed by atoms with Crippen molar-refractivity contribution in [1.29, 1.82) is 0 Å². The summed E-state index contributed by atoms with van der Waals surface area (Å²) in [5, 5.41) is 3.21. The molecule has 3 heteroatoms. The fourth-order valence-corrected chi connectivity index (χ4v) is 2.31. The number of rotatable bonds is 4. The van der Waals surface area contributed by atoms with Crippen molar-refractivity contribution in [2.45, 2.75) is 38.6 Å². The quantitative estimate of drug-likeness (QED) is 0.868. The highest BCUT2D eigenvalue weighted by molar-refractivity contribution is 5.28. The van der Waals surface area contributed by atoms with Crippen molar-refractivity contribution < 1.29 is 4.74 Å². The van der Waals surface area contributed by atoms with Crippen LogP contribution in [0.25, 0.3) is 0 Å². The van der Waals surface area contributed by atoms with E-state index in [1.54, 1.807) is 0 Å². The molecular weight excluding hydrogens is 212 g/mol. The van der Waals surface area contributed by atoms with E-state index in [0.717, 1.165) is 26.2 Å². The zero-order chi connectivity index (χ0) is 12.3. The highest BCUT2D eigenvalue weighted by Crippen LogP contribution is 2.28. The van der Waals surface area contributed by atoms with Crippen LogP contribution >= 0.6 is 0 Å². The van der Waals surface area contributed by atoms with Gasteiger partial charge in [0.1, 0.15) is 0 Å². The highest BCUT2D eigenvalue weighted by Gasteiger charge is 2.21. The Balaban J connectivity index is 2.29. The van der Waals surface area contributed by atoms with Gasteiger partial charge in [0.25, 0.3) is 0 Å². The van der Waals surface area contributed by atoms with Crippen LogP contribution in [0.2, 0.25) is 0 Å². The number of aromatic nitrogens is 1. The van der Waals surface area contributed by atoms with E-state index in [1.807, 2.05) is 7.05 Å². The molecule has 3 nitrogen and oxygen atoms in total. The van der Waals surface area contributed by atoms with Crippen molar-refractivity contribution in [2.24, 2.45) is 0 Å². The Bertz CT molecular complexity index is 370. The summed E-state index contributed by atoms with van der Waals surface area (Å²) in [6.07, 6.45) is 1.12. The molecule has 1 atom stereocenters. The Hall–Kier alpha value is -0.930. The smallest absolute Gasteiger partial charge is 0.0580 e. The topological polar surface area (TPSA) is 34.2 Å². The second-order valence-electron chi connectivity index (χ2n) is 5.02. The van der Waals surface area contributed by atoms with Crippen molar-refractivity contribution in [3.05, 3.63) is 29.1 Å². The molecular formula is C14H22N2O. The van der Waals surface area contributed by atoms with Crippen LogP contribution in [-0.4, -0.2) is 25.2 Å². The molecule has 1 aromatic rings. The molecule has 1 aromatic heterocycles. The van der Waals surface area contributed by atoms with E-state index in [4.69, 9.17) is 9.72 Å². The first-order valence-corrected chi connectivity index (χ1v) is 6.44. The van der Waals surface area contributed by atoms with Gasteiger partial charge in [0.05, 0.1) is 12.3 Å². The maximum atomic E-state index is 5.47. The minimum Gasteiger partial charge on any atom is -0.381 e. The Labute approximate surface area is 104 Å². The van der Waals surface area contributed by atoms with Crippen LogP contribution in [-0.2, 0) is 11.3 Å². The molecule has 0 bridgehead atoms. The van der Waals surface area contributed by atoms with Crippen molar-refractivity contribution in [3.8, 4) is 0 Å². The number of nitrogens with zero attached hydrogens (tertiary/aromatic N) is 1. The minimum absolute atomic E-state index is 0.486. The Morgan fingerprint density at radius 2 is 2.29 bits per heavy atom. The molecule has 0 aromatic carbocycles. The van der Waals surface area contributed by atoms with Gasteiger partial charge in [-0.15, -0.1) is 0 Å². The lowest BCUT2D eigenvalue weighted by Crippen LogP contribution is -2.14. The summed E-state index contributed by atoms with van der Waals surface area (Å²) in [4.78, 5) is 4.79. The first-order chi connectivity index (χ1) is 8.22. The lowest BCUT2D eigenvalue weighted by atomic mass is 9.95. The van der Waals surface area contributed by atoms with E-state index in [9.17, 15) is 0 Å². The van der Waals surface area contributed by atoms with Crippen molar-refractivity contribution in [1.82, 2.24) is 10.3 Å². The lowest BCUT2D eigenvalue weighted by molar-refractivity contribution is 0.193. The lowest BCUT2D eigenvalue weighted by Gasteiger charge is -2.16. The summed E-state index contributed by atoms with van der Waals surface area (Å²) in [5.74, 6) is 1.02. The van der Waals surface area contributed by atoms with Gasteiger partial charge < -0.3 is 10.1 Å². The monoisotopic (exact) mass is 234 g/mol. The highest BCUT2D eigenvalue weighted by atomic mass is 16.5. The van der Waals surface area contributed by atoms with Crippen LogP contribution in [0.5, 0.6) is 0 Å². The number of hydrogen-bond acceptors (Lipinski definition) is 3. The Morgan fingerprint density at radius 1 is 1.47 bits per heavy atom. The number of hydrogen-bond donors (Lipinski definition) is 1. The zero-order valence-electron chi connectivity index (χ0n) is 11.0. The molecule has 1 unspecified atom stereocenters. The summed E-state index contributed by atoms with van der Waals surface area (Å²) in [7, 11) is 1.97. The molecule has 2 rings (SSSR count). The normalized spacial score (nSPS) is 20.1. The fourth-order valence-electron chi connectivity index (χ4n) is 2.31. The molecule has 0 saturated carbocycles. The third-order valence-corrected chi connectivity index (χ3v) is 3.34. The van der Waals surface area contributed by atoms with Crippen LogP contribution in [0.3, 0.4) is 0 Å². The Morgan fingerprint density at radius 3 is 2.88 bits per heavy atom. The van der Waals surface area contributed by atoms with Gasteiger partial charge in [-0.3, -0.25) is 4.98 Å². The average molecular weight is 234 g/mol. The van der Waals surface area contributed by atoms with Gasteiger partial charge in [0.2, 0.25) is 0 Å². The van der Waals surface area contributed by atoms with E-state index < -0.39 is 0 Å². The molecule has 0 amide bonds. The van der Waals surface area contributed by atoms with Gasteiger partial charge in [0.15, 0.2) is 0 Å². The largest absolute Gasteiger partial charge is 0.381 e. The molecule has 1 aliphatic rings. The second kappa shape index (κ2) is 5.61. The van der Waals surface area contributed by atoms with E-state index in [0.29, 0.717) is 11.8 Å². The molecule has 0 spiro atoms. The molecule has 2 heterocycles. The van der Waals surface area contributed by atoms with Crippen LogP contribution in [0.4, 0.5) is 0 Å². The predicted octanol–water partition coefficient (Wildman–Crippen LogP) is 2.43. The summed E-state index contributed by atoms with van der Waals surface area (Å²) >= 11 is 0. The van der Waals surface area contributed by atoms with Crippen LogP contribution < -0.4 is 5.32 Å². The van der Waals surface area contributed by atoms with E-state index in [2.05, 4.69) is 31.3 Å². The average Bonchev–Trinajstić information content (AvgIpc) is 2.82. The predicted molar refractivity (Wildman–Crippen MR) is 69.3 cm³/mol. The maximum absolute atomic E-state index is 5.47. The van der Waals surface area contributed by atoms with Crippen LogP contribution in [0.1, 0.15) is 49.1 Å². The summed E-state index contributed by atoms with van der Waals surface area (Å²) in [6.45, 7) is 6.94. The molecule has 17 heavy (non-hydrogen) atoms. The molecule has 0 radical (unpaired) electrons. The van der Waals surface area contributed by atoms with E-state index in [1.165, 1.54) is 17.0 Å². The van der Waals surface area contributed by atoms with E-state index >= 15 is 0 Å². The molecule has 1 fully saturated rings. The SMILES string of the molecule is CNCc1nc(C(C)C)ccc1C1CCOC1. The molecule has 0 aliphatic carbocycles. The van der Waals surface area contributed by atoms with Crippen LogP contribution in [0.15, 0.2) is 12.1 Å². The third kappa shape index (κ3) is 2.85. The van der Waals surface area contributed by atoms with Crippen molar-refractivity contribution in [3.63, 3.8) is 0 Å². The number of ether oxygens (including phenoxy) is 1. The third-order valence-electron chi connectivity index (χ3n) is 3.34. The molecule has 94 valence electrons. The molecule has 1 N–H and O–H groups in total.